The van der Waals surface area contributed by atoms with Crippen molar-refractivity contribution in [1.29, 1.82) is 0 Å². The normalized spacial score (nSPS) is 19.0. The second-order valence-corrected chi connectivity index (χ2v) is 9.36. The van der Waals surface area contributed by atoms with Gasteiger partial charge in [-0.3, -0.25) is 4.79 Å². The van der Waals surface area contributed by atoms with Crippen molar-refractivity contribution in [3.8, 4) is 11.5 Å². The maximum Gasteiger partial charge on any atom is 0.277 e. The molecule has 0 aliphatic carbocycles. The van der Waals surface area contributed by atoms with E-state index in [1.54, 1.807) is 0 Å². The van der Waals surface area contributed by atoms with Crippen LogP contribution in [0.3, 0.4) is 0 Å². The summed E-state index contributed by atoms with van der Waals surface area (Å²) in [5.74, 6) is 0.426. The quantitative estimate of drug-likeness (QED) is 0.787. The highest BCUT2D eigenvalue weighted by Crippen LogP contribution is 2.25. The molecule has 7 nitrogen and oxygen atoms in total. The molecule has 134 valence electrons. The molecule has 0 bridgehead atoms. The van der Waals surface area contributed by atoms with E-state index in [2.05, 4.69) is 21.6 Å². The molecule has 1 atom stereocenters. The van der Waals surface area contributed by atoms with E-state index in [-0.39, 0.29) is 29.2 Å². The van der Waals surface area contributed by atoms with Crippen LogP contribution in [-0.2, 0) is 14.6 Å². The van der Waals surface area contributed by atoms with Crippen molar-refractivity contribution in [2.45, 2.75) is 31.5 Å². The summed E-state index contributed by atoms with van der Waals surface area (Å²) < 4.78 is 28.4. The first kappa shape index (κ1) is 17.9. The van der Waals surface area contributed by atoms with Crippen LogP contribution in [0.1, 0.15) is 17.5 Å². The molecule has 1 aliphatic heterocycles. The fourth-order valence-electron chi connectivity index (χ4n) is 2.79. The van der Waals surface area contributed by atoms with Crippen LogP contribution in [0.5, 0.6) is 0 Å². The lowest BCUT2D eigenvalue weighted by molar-refractivity contribution is -0.119. The Bertz CT molecular complexity index is 872. The number of hydrogen-bond acceptors (Lipinski definition) is 7. The number of nitrogens with zero attached hydrogens (tertiary/aromatic N) is 2. The van der Waals surface area contributed by atoms with Gasteiger partial charge in [0, 0.05) is 11.6 Å². The van der Waals surface area contributed by atoms with Crippen LogP contribution < -0.4 is 5.32 Å². The summed E-state index contributed by atoms with van der Waals surface area (Å²) in [6.07, 6.45) is 0.468. The molecular weight excluding hydrogens is 362 g/mol. The average Bonchev–Trinajstić information content (AvgIpc) is 3.11. The van der Waals surface area contributed by atoms with E-state index in [9.17, 15) is 13.2 Å². The van der Waals surface area contributed by atoms with Crippen LogP contribution in [0.25, 0.3) is 11.5 Å². The molecule has 0 saturated carbocycles. The summed E-state index contributed by atoms with van der Waals surface area (Å²) in [6, 6.07) is 5.68. The van der Waals surface area contributed by atoms with Crippen molar-refractivity contribution in [2.75, 3.05) is 17.3 Å². The largest absolute Gasteiger partial charge is 0.411 e. The fraction of sp³-hybridized carbons (Fsp3) is 0.438. The van der Waals surface area contributed by atoms with Crippen molar-refractivity contribution in [2.24, 2.45) is 0 Å². The number of hydrogen-bond donors (Lipinski definition) is 1. The van der Waals surface area contributed by atoms with Gasteiger partial charge < -0.3 is 9.73 Å². The van der Waals surface area contributed by atoms with E-state index in [1.807, 2.05) is 26.0 Å². The predicted octanol–water partition coefficient (Wildman–Crippen LogP) is 1.75. The number of rotatable bonds is 5. The summed E-state index contributed by atoms with van der Waals surface area (Å²) >= 11 is 1.13. The first-order valence-electron chi connectivity index (χ1n) is 7.85. The van der Waals surface area contributed by atoms with E-state index in [1.165, 1.54) is 0 Å². The number of benzene rings is 1. The van der Waals surface area contributed by atoms with Gasteiger partial charge >= 0.3 is 0 Å². The molecule has 3 rings (SSSR count). The molecule has 1 N–H and O–H groups in total. The summed E-state index contributed by atoms with van der Waals surface area (Å²) in [5, 5.41) is 11.0. The maximum atomic E-state index is 11.9. The van der Waals surface area contributed by atoms with Crippen LogP contribution in [0.15, 0.2) is 27.8 Å². The Labute approximate surface area is 150 Å². The summed E-state index contributed by atoms with van der Waals surface area (Å²) in [5.41, 5.74) is 3.05. The Balaban J connectivity index is 1.56. The lowest BCUT2D eigenvalue weighted by atomic mass is 10.1. The van der Waals surface area contributed by atoms with Crippen LogP contribution in [0, 0.1) is 13.8 Å². The third kappa shape index (κ3) is 4.82. The van der Waals surface area contributed by atoms with Gasteiger partial charge in [0.15, 0.2) is 9.84 Å². The monoisotopic (exact) mass is 381 g/mol. The molecule has 2 aromatic rings. The number of thioether (sulfide) groups is 1. The Morgan fingerprint density at radius 2 is 2.00 bits per heavy atom. The summed E-state index contributed by atoms with van der Waals surface area (Å²) in [6.45, 7) is 3.99. The zero-order chi connectivity index (χ0) is 18.0. The highest BCUT2D eigenvalue weighted by molar-refractivity contribution is 7.99. The van der Waals surface area contributed by atoms with E-state index in [4.69, 9.17) is 4.42 Å². The molecule has 1 saturated heterocycles. The summed E-state index contributed by atoms with van der Waals surface area (Å²) in [4.78, 5) is 11.9. The van der Waals surface area contributed by atoms with Crippen LogP contribution in [0.4, 0.5) is 0 Å². The van der Waals surface area contributed by atoms with E-state index < -0.39 is 9.84 Å². The van der Waals surface area contributed by atoms with Gasteiger partial charge in [-0.1, -0.05) is 29.0 Å². The van der Waals surface area contributed by atoms with Crippen molar-refractivity contribution < 1.29 is 17.6 Å². The molecular formula is C16H19N3O4S2. The van der Waals surface area contributed by atoms with Gasteiger partial charge in [0.2, 0.25) is 11.8 Å². The molecule has 1 aromatic heterocycles. The first-order valence-corrected chi connectivity index (χ1v) is 10.7. The van der Waals surface area contributed by atoms with Crippen molar-refractivity contribution in [3.63, 3.8) is 0 Å². The molecule has 0 spiro atoms. The number of nitrogens with one attached hydrogen (secondary N) is 1. The van der Waals surface area contributed by atoms with Gasteiger partial charge in [-0.15, -0.1) is 10.2 Å². The predicted molar refractivity (Wildman–Crippen MR) is 95.1 cm³/mol. The van der Waals surface area contributed by atoms with Crippen molar-refractivity contribution in [1.82, 2.24) is 15.5 Å². The molecule has 1 amide bonds. The molecule has 9 heteroatoms. The minimum Gasteiger partial charge on any atom is -0.411 e. The third-order valence-electron chi connectivity index (χ3n) is 3.80. The topological polar surface area (TPSA) is 102 Å². The number of amides is 1. The Hall–Kier alpha value is -1.87. The second kappa shape index (κ2) is 7.17. The number of carbonyl (C=O) groups excluding carboxylic acids is 1. The molecule has 0 unspecified atom stereocenters. The number of aryl methyl sites for hydroxylation is 2. The molecule has 1 aromatic carbocycles. The van der Waals surface area contributed by atoms with Crippen LogP contribution >= 0.6 is 11.8 Å². The van der Waals surface area contributed by atoms with E-state index in [0.29, 0.717) is 17.5 Å². The zero-order valence-corrected chi connectivity index (χ0v) is 15.6. The van der Waals surface area contributed by atoms with Crippen LogP contribution in [0.2, 0.25) is 0 Å². The molecule has 1 aliphatic rings. The average molecular weight is 381 g/mol. The standard InChI is InChI=1S/C16H19N3O4S2/c1-10-5-11(2)7-12(6-10)15-18-19-16(23-15)24-8-14(20)17-13-3-4-25(21,22)9-13/h5-7,13H,3-4,8-9H2,1-2H3,(H,17,20)/t13-/m1/s1. The Kier molecular flexibility index (Phi) is 5.14. The molecule has 2 heterocycles. The minimum atomic E-state index is -3.00. The zero-order valence-electron chi connectivity index (χ0n) is 14.0. The first-order chi connectivity index (χ1) is 11.8. The smallest absolute Gasteiger partial charge is 0.277 e. The highest BCUT2D eigenvalue weighted by atomic mass is 32.2. The van der Waals surface area contributed by atoms with Crippen LogP contribution in [-0.4, -0.2) is 47.8 Å². The molecule has 0 radical (unpaired) electrons. The number of carbonyl (C=O) groups is 1. The minimum absolute atomic E-state index is 0.0147. The van der Waals surface area contributed by atoms with Crippen molar-refractivity contribution in [3.05, 3.63) is 29.3 Å². The fourth-order valence-corrected chi connectivity index (χ4v) is 5.04. The SMILES string of the molecule is Cc1cc(C)cc(-c2nnc(SCC(=O)N[C@@H]3CCS(=O)(=O)C3)o2)c1. The highest BCUT2D eigenvalue weighted by Gasteiger charge is 2.28. The van der Waals surface area contributed by atoms with Gasteiger partial charge in [0.05, 0.1) is 17.3 Å². The van der Waals surface area contributed by atoms with E-state index in [0.717, 1.165) is 28.5 Å². The lowest BCUT2D eigenvalue weighted by Crippen LogP contribution is -2.36. The third-order valence-corrected chi connectivity index (χ3v) is 6.39. The Morgan fingerprint density at radius 3 is 2.64 bits per heavy atom. The van der Waals surface area contributed by atoms with E-state index >= 15 is 0 Å². The second-order valence-electron chi connectivity index (χ2n) is 6.21. The van der Waals surface area contributed by atoms with Gasteiger partial charge in [0.1, 0.15) is 0 Å². The maximum absolute atomic E-state index is 11.9. The summed E-state index contributed by atoms with van der Waals surface area (Å²) in [7, 11) is -3.00. The van der Waals surface area contributed by atoms with Crippen molar-refractivity contribution >= 4 is 27.5 Å². The Morgan fingerprint density at radius 1 is 1.28 bits per heavy atom. The molecule has 1 fully saturated rings. The van der Waals surface area contributed by atoms with Gasteiger partial charge in [-0.2, -0.15) is 0 Å². The molecule has 25 heavy (non-hydrogen) atoms. The van der Waals surface area contributed by atoms with Gasteiger partial charge in [-0.25, -0.2) is 8.42 Å². The number of aromatic nitrogens is 2. The van der Waals surface area contributed by atoms with Gasteiger partial charge in [-0.05, 0) is 32.4 Å². The lowest BCUT2D eigenvalue weighted by Gasteiger charge is -2.09. The van der Waals surface area contributed by atoms with Gasteiger partial charge in [0.25, 0.3) is 5.22 Å². The number of sulfone groups is 1.